The molecule has 0 amide bonds. The van der Waals surface area contributed by atoms with Gasteiger partial charge in [-0.1, -0.05) is 32.6 Å². The van der Waals surface area contributed by atoms with Gasteiger partial charge in [0.2, 0.25) is 0 Å². The molecule has 0 saturated carbocycles. The predicted molar refractivity (Wildman–Crippen MR) is 75.5 cm³/mol. The highest BCUT2D eigenvalue weighted by molar-refractivity contribution is 5.65. The molecule has 0 aliphatic rings. The Labute approximate surface area is 117 Å². The second kappa shape index (κ2) is 7.36. The van der Waals surface area contributed by atoms with E-state index in [2.05, 4.69) is 17.2 Å². The van der Waals surface area contributed by atoms with Crippen LogP contribution in [0.3, 0.4) is 0 Å². The minimum Gasteiger partial charge on any atom is -0.396 e. The summed E-state index contributed by atoms with van der Waals surface area (Å²) >= 11 is 0. The zero-order valence-corrected chi connectivity index (χ0v) is 11.9. The molecule has 0 aromatic carbocycles. The number of nitrogens with two attached hydrogens (primary N) is 1. The van der Waals surface area contributed by atoms with E-state index in [1.807, 2.05) is 6.92 Å². The maximum atomic E-state index is 12.6. The van der Waals surface area contributed by atoms with Crippen molar-refractivity contribution in [2.45, 2.75) is 58.2 Å². The maximum absolute atomic E-state index is 12.6. The average molecular weight is 289 g/mol. The summed E-state index contributed by atoms with van der Waals surface area (Å²) < 4.78 is 37.8. The molecule has 0 aliphatic heterocycles. The normalized spacial score (nSPS) is 13.2. The molecule has 0 fully saturated rings. The number of nitrogen functional groups attached to an aromatic ring is 1. The fraction of sp³-hybridized carbons (Fsp3) is 0.643. The number of alkyl halides is 3. The summed E-state index contributed by atoms with van der Waals surface area (Å²) in [6.45, 7) is 4.08. The van der Waals surface area contributed by atoms with E-state index < -0.39 is 11.9 Å². The lowest BCUT2D eigenvalue weighted by Crippen LogP contribution is -2.17. The van der Waals surface area contributed by atoms with Crippen molar-refractivity contribution >= 4 is 11.4 Å². The molecule has 3 nitrogen and oxygen atoms in total. The van der Waals surface area contributed by atoms with E-state index in [9.17, 15) is 13.2 Å². The van der Waals surface area contributed by atoms with Crippen LogP contribution in [0.15, 0.2) is 12.3 Å². The minimum absolute atomic E-state index is 0.0811. The Morgan fingerprint density at radius 2 is 2.00 bits per heavy atom. The number of hydrogen-bond donors (Lipinski definition) is 2. The molecule has 1 rings (SSSR count). The Kier molecular flexibility index (Phi) is 6.10. The lowest BCUT2D eigenvalue weighted by Gasteiger charge is -2.17. The number of unbranched alkanes of at least 4 members (excludes halogenated alkanes) is 3. The first-order chi connectivity index (χ1) is 9.34. The Morgan fingerprint density at radius 3 is 2.60 bits per heavy atom. The van der Waals surface area contributed by atoms with Crippen molar-refractivity contribution in [1.82, 2.24) is 4.98 Å². The maximum Gasteiger partial charge on any atom is 0.433 e. The van der Waals surface area contributed by atoms with Crippen LogP contribution in [0.1, 0.15) is 51.6 Å². The topological polar surface area (TPSA) is 50.9 Å². The average Bonchev–Trinajstić information content (AvgIpc) is 2.36. The van der Waals surface area contributed by atoms with Crippen LogP contribution in [-0.2, 0) is 6.18 Å². The summed E-state index contributed by atoms with van der Waals surface area (Å²) in [6.07, 6.45) is 2.05. The summed E-state index contributed by atoms with van der Waals surface area (Å²) in [7, 11) is 0. The van der Waals surface area contributed by atoms with Crippen LogP contribution >= 0.6 is 0 Å². The molecule has 20 heavy (non-hydrogen) atoms. The molecule has 114 valence electrons. The molecule has 0 saturated heterocycles. The Hall–Kier alpha value is -1.46. The molecule has 6 heteroatoms. The van der Waals surface area contributed by atoms with Crippen molar-refractivity contribution in [3.05, 3.63) is 18.0 Å². The lowest BCUT2D eigenvalue weighted by molar-refractivity contribution is -0.141. The first-order valence-electron chi connectivity index (χ1n) is 6.93. The summed E-state index contributed by atoms with van der Waals surface area (Å²) in [5.74, 6) is 0. The Bertz CT molecular complexity index is 419. The number of nitrogens with one attached hydrogen (secondary N) is 1. The number of nitrogens with zero attached hydrogens (tertiary/aromatic N) is 1. The zero-order valence-electron chi connectivity index (χ0n) is 11.9. The number of pyridine rings is 1. The van der Waals surface area contributed by atoms with Crippen LogP contribution in [0.5, 0.6) is 0 Å². The highest BCUT2D eigenvalue weighted by atomic mass is 19.4. The molecule has 1 heterocycles. The van der Waals surface area contributed by atoms with E-state index in [-0.39, 0.29) is 11.7 Å². The molecule has 1 aromatic rings. The molecular formula is C14H22F3N3. The SMILES string of the molecule is CCCCCCC(C)Nc1cc(C(F)(F)F)ncc1N. The summed E-state index contributed by atoms with van der Waals surface area (Å²) in [5.41, 5.74) is 5.28. The van der Waals surface area contributed by atoms with E-state index in [4.69, 9.17) is 5.73 Å². The Morgan fingerprint density at radius 1 is 1.30 bits per heavy atom. The van der Waals surface area contributed by atoms with Crippen LogP contribution < -0.4 is 11.1 Å². The second-order valence-corrected chi connectivity index (χ2v) is 5.05. The smallest absolute Gasteiger partial charge is 0.396 e. The molecule has 0 aliphatic carbocycles. The Balaban J connectivity index is 2.62. The van der Waals surface area contributed by atoms with Gasteiger partial charge in [-0.15, -0.1) is 0 Å². The summed E-state index contributed by atoms with van der Waals surface area (Å²) in [5, 5.41) is 3.03. The van der Waals surface area contributed by atoms with Crippen molar-refractivity contribution in [2.75, 3.05) is 11.1 Å². The van der Waals surface area contributed by atoms with Crippen molar-refractivity contribution < 1.29 is 13.2 Å². The van der Waals surface area contributed by atoms with Gasteiger partial charge in [-0.25, -0.2) is 4.98 Å². The van der Waals surface area contributed by atoms with Gasteiger partial charge in [0.05, 0.1) is 17.6 Å². The summed E-state index contributed by atoms with van der Waals surface area (Å²) in [6, 6.07) is 1.05. The molecule has 0 radical (unpaired) electrons. The van der Waals surface area contributed by atoms with Gasteiger partial charge in [-0.05, 0) is 19.4 Å². The van der Waals surface area contributed by atoms with Gasteiger partial charge in [-0.3, -0.25) is 0 Å². The highest BCUT2D eigenvalue weighted by Crippen LogP contribution is 2.31. The zero-order chi connectivity index (χ0) is 15.2. The van der Waals surface area contributed by atoms with E-state index in [1.165, 1.54) is 6.42 Å². The fourth-order valence-electron chi connectivity index (χ4n) is 1.96. The fourth-order valence-corrected chi connectivity index (χ4v) is 1.96. The van der Waals surface area contributed by atoms with Crippen molar-refractivity contribution in [3.63, 3.8) is 0 Å². The molecule has 1 unspecified atom stereocenters. The van der Waals surface area contributed by atoms with E-state index >= 15 is 0 Å². The van der Waals surface area contributed by atoms with Crippen molar-refractivity contribution in [2.24, 2.45) is 0 Å². The quantitative estimate of drug-likeness (QED) is 0.729. The van der Waals surface area contributed by atoms with Gasteiger partial charge < -0.3 is 11.1 Å². The van der Waals surface area contributed by atoms with Crippen LogP contribution in [0.4, 0.5) is 24.5 Å². The largest absolute Gasteiger partial charge is 0.433 e. The van der Waals surface area contributed by atoms with Gasteiger partial charge in [-0.2, -0.15) is 13.2 Å². The molecule has 0 spiro atoms. The van der Waals surface area contributed by atoms with Gasteiger partial charge in [0.1, 0.15) is 5.69 Å². The molecule has 1 aromatic heterocycles. The number of hydrogen-bond acceptors (Lipinski definition) is 3. The summed E-state index contributed by atoms with van der Waals surface area (Å²) in [4.78, 5) is 3.31. The van der Waals surface area contributed by atoms with E-state index in [0.717, 1.165) is 37.9 Å². The third-order valence-corrected chi connectivity index (χ3v) is 3.12. The van der Waals surface area contributed by atoms with Crippen LogP contribution in [0, 0.1) is 0 Å². The van der Waals surface area contributed by atoms with Crippen LogP contribution in [0.25, 0.3) is 0 Å². The molecular weight excluding hydrogens is 267 g/mol. The second-order valence-electron chi connectivity index (χ2n) is 5.05. The predicted octanol–water partition coefficient (Wildman–Crippen LogP) is 4.45. The molecule has 0 bridgehead atoms. The minimum atomic E-state index is -4.45. The third-order valence-electron chi connectivity index (χ3n) is 3.12. The third kappa shape index (κ3) is 5.27. The first kappa shape index (κ1) is 16.6. The molecule has 3 N–H and O–H groups in total. The van der Waals surface area contributed by atoms with Crippen LogP contribution in [0.2, 0.25) is 0 Å². The number of aromatic nitrogens is 1. The van der Waals surface area contributed by atoms with Gasteiger partial charge in [0.15, 0.2) is 0 Å². The number of rotatable bonds is 7. The standard InChI is InChI=1S/C14H22F3N3/c1-3-4-5-6-7-10(2)20-12-8-13(14(15,16)17)19-9-11(12)18/h8-10H,3-7,18H2,1-2H3,(H,19,20). The lowest BCUT2D eigenvalue weighted by atomic mass is 10.1. The van der Waals surface area contributed by atoms with E-state index in [0.29, 0.717) is 5.69 Å². The van der Waals surface area contributed by atoms with Crippen molar-refractivity contribution in [1.29, 1.82) is 0 Å². The number of halogens is 3. The number of anilines is 2. The van der Waals surface area contributed by atoms with Gasteiger partial charge in [0, 0.05) is 6.04 Å². The highest BCUT2D eigenvalue weighted by Gasteiger charge is 2.33. The first-order valence-corrected chi connectivity index (χ1v) is 6.93. The van der Waals surface area contributed by atoms with E-state index in [1.54, 1.807) is 0 Å². The van der Waals surface area contributed by atoms with Crippen molar-refractivity contribution in [3.8, 4) is 0 Å². The van der Waals surface area contributed by atoms with Gasteiger partial charge in [0.25, 0.3) is 0 Å². The monoisotopic (exact) mass is 289 g/mol. The van der Waals surface area contributed by atoms with Crippen LogP contribution in [-0.4, -0.2) is 11.0 Å². The molecule has 1 atom stereocenters. The van der Waals surface area contributed by atoms with Gasteiger partial charge >= 0.3 is 6.18 Å².